The van der Waals surface area contributed by atoms with E-state index >= 15 is 0 Å². The molecule has 0 radical (unpaired) electrons. The summed E-state index contributed by atoms with van der Waals surface area (Å²) >= 11 is 0. The minimum absolute atomic E-state index is 0.0890. The van der Waals surface area contributed by atoms with Gasteiger partial charge in [0, 0.05) is 40.3 Å². The summed E-state index contributed by atoms with van der Waals surface area (Å²) in [6.45, 7) is 2.63. The van der Waals surface area contributed by atoms with Crippen molar-refractivity contribution in [2.75, 3.05) is 6.54 Å². The largest absolute Gasteiger partial charge is 0.358 e. The fourth-order valence-electron chi connectivity index (χ4n) is 3.42. The number of para-hydroxylation sites is 1. The maximum atomic E-state index is 6.14. The third-order valence-electron chi connectivity index (χ3n) is 4.57. The van der Waals surface area contributed by atoms with Gasteiger partial charge in [-0.3, -0.25) is 5.10 Å². The molecule has 4 aromatic rings. The van der Waals surface area contributed by atoms with Gasteiger partial charge in [-0.2, -0.15) is 5.10 Å². The van der Waals surface area contributed by atoms with Crippen LogP contribution in [0.2, 0.25) is 0 Å². The molecule has 0 aliphatic heterocycles. The Balaban J connectivity index is 1.79. The predicted octanol–water partition coefficient (Wildman–Crippen LogP) is 3.96. The quantitative estimate of drug-likeness (QED) is 0.533. The average molecular weight is 316 g/mol. The number of hydrogen-bond acceptors (Lipinski definition) is 2. The maximum absolute atomic E-state index is 6.14. The Morgan fingerprint density at radius 1 is 1.04 bits per heavy atom. The van der Waals surface area contributed by atoms with Crippen LogP contribution in [0.1, 0.15) is 22.9 Å². The average Bonchev–Trinajstić information content (AvgIpc) is 3.22. The van der Waals surface area contributed by atoms with E-state index in [2.05, 4.69) is 58.5 Å². The van der Waals surface area contributed by atoms with Crippen molar-refractivity contribution in [3.05, 3.63) is 77.6 Å². The van der Waals surface area contributed by atoms with Crippen molar-refractivity contribution in [3.8, 4) is 11.3 Å². The molecule has 1 unspecified atom stereocenters. The molecule has 1 atom stereocenters. The van der Waals surface area contributed by atoms with E-state index in [-0.39, 0.29) is 5.92 Å². The lowest BCUT2D eigenvalue weighted by Gasteiger charge is -2.13. The molecule has 2 aromatic carbocycles. The zero-order valence-electron chi connectivity index (χ0n) is 13.6. The van der Waals surface area contributed by atoms with Crippen molar-refractivity contribution >= 4 is 10.9 Å². The number of benzene rings is 2. The molecule has 0 spiro atoms. The molecule has 4 N–H and O–H groups in total. The summed E-state index contributed by atoms with van der Waals surface area (Å²) in [7, 11) is 0. The van der Waals surface area contributed by atoms with Crippen LogP contribution in [0.5, 0.6) is 0 Å². The summed E-state index contributed by atoms with van der Waals surface area (Å²) in [4.78, 5) is 3.46. The lowest BCUT2D eigenvalue weighted by atomic mass is 9.92. The highest BCUT2D eigenvalue weighted by Crippen LogP contribution is 2.33. The fourth-order valence-corrected chi connectivity index (χ4v) is 3.42. The Hall–Kier alpha value is -2.85. The Morgan fingerprint density at radius 2 is 1.79 bits per heavy atom. The molecule has 0 saturated carbocycles. The number of fused-ring (bicyclic) bond motifs is 1. The molecule has 4 nitrogen and oxygen atoms in total. The van der Waals surface area contributed by atoms with E-state index in [0.717, 1.165) is 28.2 Å². The van der Waals surface area contributed by atoms with E-state index in [4.69, 9.17) is 5.73 Å². The molecular formula is C20H20N4. The van der Waals surface area contributed by atoms with Crippen molar-refractivity contribution in [1.82, 2.24) is 15.2 Å². The molecule has 24 heavy (non-hydrogen) atoms. The van der Waals surface area contributed by atoms with Crippen LogP contribution in [0, 0.1) is 6.92 Å². The van der Waals surface area contributed by atoms with Gasteiger partial charge in [-0.1, -0.05) is 48.5 Å². The van der Waals surface area contributed by atoms with Crippen LogP contribution in [0.4, 0.5) is 0 Å². The van der Waals surface area contributed by atoms with E-state index in [1.165, 1.54) is 10.9 Å². The molecule has 4 heteroatoms. The van der Waals surface area contributed by atoms with Crippen LogP contribution in [-0.2, 0) is 0 Å². The van der Waals surface area contributed by atoms with E-state index in [9.17, 15) is 0 Å². The second-order valence-electron chi connectivity index (χ2n) is 6.07. The van der Waals surface area contributed by atoms with E-state index in [1.54, 1.807) is 0 Å². The van der Waals surface area contributed by atoms with Gasteiger partial charge in [0.1, 0.15) is 0 Å². The van der Waals surface area contributed by atoms with Gasteiger partial charge in [-0.15, -0.1) is 0 Å². The molecule has 0 bridgehead atoms. The third-order valence-corrected chi connectivity index (χ3v) is 4.57. The van der Waals surface area contributed by atoms with Crippen molar-refractivity contribution in [2.45, 2.75) is 12.8 Å². The number of aromatic amines is 2. The molecule has 0 aliphatic rings. The minimum atomic E-state index is 0.0890. The Kier molecular flexibility index (Phi) is 3.67. The molecule has 0 amide bonds. The first-order valence-electron chi connectivity index (χ1n) is 8.16. The molecular weight excluding hydrogens is 296 g/mol. The number of nitrogens with two attached hydrogens (primary N) is 1. The lowest BCUT2D eigenvalue weighted by molar-refractivity contribution is 0.779. The maximum Gasteiger partial charge on any atom is 0.0923 e. The summed E-state index contributed by atoms with van der Waals surface area (Å²) < 4.78 is 0. The highest BCUT2D eigenvalue weighted by atomic mass is 15.1. The number of nitrogens with zero attached hydrogens (tertiary/aromatic N) is 1. The number of rotatable bonds is 4. The molecule has 2 aromatic heterocycles. The van der Waals surface area contributed by atoms with Crippen molar-refractivity contribution in [1.29, 1.82) is 0 Å². The van der Waals surface area contributed by atoms with Gasteiger partial charge >= 0.3 is 0 Å². The fraction of sp³-hybridized carbons (Fsp3) is 0.150. The Bertz CT molecular complexity index is 966. The van der Waals surface area contributed by atoms with Crippen molar-refractivity contribution in [3.63, 3.8) is 0 Å². The zero-order chi connectivity index (χ0) is 16.5. The number of hydrogen-bond donors (Lipinski definition) is 3. The smallest absolute Gasteiger partial charge is 0.0923 e. The first-order valence-corrected chi connectivity index (χ1v) is 8.16. The normalized spacial score (nSPS) is 12.6. The monoisotopic (exact) mass is 316 g/mol. The van der Waals surface area contributed by atoms with Crippen LogP contribution < -0.4 is 5.73 Å². The number of nitrogens with one attached hydrogen (secondary N) is 2. The lowest BCUT2D eigenvalue weighted by Crippen LogP contribution is -2.15. The van der Waals surface area contributed by atoms with Crippen LogP contribution >= 0.6 is 0 Å². The van der Waals surface area contributed by atoms with Gasteiger partial charge in [0.25, 0.3) is 0 Å². The molecule has 4 rings (SSSR count). The van der Waals surface area contributed by atoms with Gasteiger partial charge < -0.3 is 10.7 Å². The number of aromatic nitrogens is 3. The van der Waals surface area contributed by atoms with Crippen molar-refractivity contribution < 1.29 is 0 Å². The molecule has 2 heterocycles. The van der Waals surface area contributed by atoms with Gasteiger partial charge in [0.15, 0.2) is 0 Å². The zero-order valence-corrected chi connectivity index (χ0v) is 13.6. The standard InChI is InChI=1S/C20H20N4/c1-13-20(15-9-5-6-10-17(15)22-13)16(12-21)19-11-18(23-24-19)14-7-3-2-4-8-14/h2-11,16,22H,12,21H2,1H3,(H,23,24). The second kappa shape index (κ2) is 5.98. The first-order chi connectivity index (χ1) is 11.8. The van der Waals surface area contributed by atoms with Crippen LogP contribution in [0.3, 0.4) is 0 Å². The highest BCUT2D eigenvalue weighted by Gasteiger charge is 2.21. The van der Waals surface area contributed by atoms with Crippen LogP contribution in [0.25, 0.3) is 22.2 Å². The SMILES string of the molecule is Cc1[nH]c2ccccc2c1C(CN)c1cc(-c2ccccc2)n[nH]1. The van der Waals surface area contributed by atoms with Crippen LogP contribution in [-0.4, -0.2) is 21.7 Å². The van der Waals surface area contributed by atoms with Gasteiger partial charge in [-0.25, -0.2) is 0 Å². The van der Waals surface area contributed by atoms with Crippen LogP contribution in [0.15, 0.2) is 60.7 Å². The van der Waals surface area contributed by atoms with Crippen molar-refractivity contribution in [2.24, 2.45) is 5.73 Å². The minimum Gasteiger partial charge on any atom is -0.358 e. The Labute approximate surface area is 140 Å². The number of H-pyrrole nitrogens is 2. The third kappa shape index (κ3) is 2.41. The second-order valence-corrected chi connectivity index (χ2v) is 6.07. The summed E-state index contributed by atoms with van der Waals surface area (Å²) in [6, 6.07) is 20.6. The van der Waals surface area contributed by atoms with Gasteiger partial charge in [-0.05, 0) is 24.6 Å². The summed E-state index contributed by atoms with van der Waals surface area (Å²) in [5.41, 5.74) is 12.8. The summed E-state index contributed by atoms with van der Waals surface area (Å²) in [5, 5.41) is 8.90. The molecule has 0 aliphatic carbocycles. The summed E-state index contributed by atoms with van der Waals surface area (Å²) in [6.07, 6.45) is 0. The highest BCUT2D eigenvalue weighted by molar-refractivity contribution is 5.85. The predicted molar refractivity (Wildman–Crippen MR) is 98.0 cm³/mol. The molecule has 120 valence electrons. The summed E-state index contributed by atoms with van der Waals surface area (Å²) in [5.74, 6) is 0.0890. The van der Waals surface area contributed by atoms with E-state index < -0.39 is 0 Å². The molecule has 0 saturated heterocycles. The molecule has 0 fully saturated rings. The van der Waals surface area contributed by atoms with E-state index in [0.29, 0.717) is 6.54 Å². The topological polar surface area (TPSA) is 70.5 Å². The Morgan fingerprint density at radius 3 is 2.58 bits per heavy atom. The van der Waals surface area contributed by atoms with Gasteiger partial charge in [0.2, 0.25) is 0 Å². The number of aryl methyl sites for hydroxylation is 1. The van der Waals surface area contributed by atoms with Gasteiger partial charge in [0.05, 0.1) is 5.69 Å². The van der Waals surface area contributed by atoms with E-state index in [1.807, 2.05) is 24.3 Å². The first kappa shape index (κ1) is 14.7.